The molecule has 0 aromatic heterocycles. The van der Waals surface area contributed by atoms with E-state index in [1.54, 1.807) is 0 Å². The lowest BCUT2D eigenvalue weighted by molar-refractivity contribution is -0.159. The Bertz CT molecular complexity index is 1480. The lowest BCUT2D eigenvalue weighted by Gasteiger charge is -2.35. The second-order valence-electron chi connectivity index (χ2n) is 10.9. The van der Waals surface area contributed by atoms with Crippen LogP contribution in [0.2, 0.25) is 0 Å². The minimum atomic E-state index is -1.18. The average Bonchev–Trinajstić information content (AvgIpc) is 2.98. The molecule has 0 aliphatic carbocycles. The molecule has 2 rings (SSSR count). The fraction of sp³-hybridized carbons (Fsp3) is 0.548. The Labute approximate surface area is 329 Å². The molecule has 0 saturated carbocycles. The first-order valence-electron chi connectivity index (χ1n) is 15.1. The Morgan fingerprint density at radius 2 is 1.22 bits per heavy atom. The Kier molecular flexibility index (Phi) is 17.6. The van der Waals surface area contributed by atoms with Crippen LogP contribution in [0, 0.1) is 10.7 Å². The monoisotopic (exact) mass is 1040 g/mol. The highest BCUT2D eigenvalue weighted by atomic mass is 127. The summed E-state index contributed by atoms with van der Waals surface area (Å²) in [5.41, 5.74) is 0.761. The van der Waals surface area contributed by atoms with Gasteiger partial charge in [-0.25, -0.2) is 0 Å². The molecule has 1 saturated heterocycles. The van der Waals surface area contributed by atoms with Crippen LogP contribution in [0.25, 0.3) is 0 Å². The molecule has 1 heterocycles. The first-order chi connectivity index (χ1) is 23.3. The molecule has 1 aliphatic rings. The zero-order valence-electron chi connectivity index (χ0n) is 28.1. The van der Waals surface area contributed by atoms with E-state index in [0.717, 1.165) is 27.7 Å². The summed E-state index contributed by atoms with van der Waals surface area (Å²) in [6.07, 6.45) is -2.65. The molecule has 0 radical (unpaired) electrons. The third kappa shape index (κ3) is 13.1. The van der Waals surface area contributed by atoms with Crippen molar-refractivity contribution in [2.75, 3.05) is 37.7 Å². The zero-order valence-corrected chi connectivity index (χ0v) is 34.6. The highest BCUT2D eigenvalue weighted by molar-refractivity contribution is 14.1. The van der Waals surface area contributed by atoms with Crippen LogP contribution >= 0.6 is 67.8 Å². The molecule has 2 amide bonds. The van der Waals surface area contributed by atoms with Crippen LogP contribution in [-0.2, 0) is 68.6 Å². The van der Waals surface area contributed by atoms with Crippen LogP contribution in [0.4, 0.5) is 5.69 Å². The van der Waals surface area contributed by atoms with Crippen LogP contribution in [0.3, 0.4) is 0 Å². The Morgan fingerprint density at radius 3 is 1.66 bits per heavy atom. The first kappa shape index (κ1) is 43.3. The SMILES string of the molecule is CC(=O)OCc1c(I)c(C(=O)N(CC(COC(C)=O)OC(C)=O)CC(COC(C)=O)OC(C)=O)c(I)c(N2CCCC(OC(C)=O)C2=O)c1I. The summed E-state index contributed by atoms with van der Waals surface area (Å²) in [5.74, 6) is -5.26. The highest BCUT2D eigenvalue weighted by Crippen LogP contribution is 2.40. The molecule has 1 aromatic carbocycles. The van der Waals surface area contributed by atoms with Gasteiger partial charge in [0.15, 0.2) is 18.3 Å². The third-order valence-electron chi connectivity index (χ3n) is 6.73. The maximum Gasteiger partial charge on any atom is 0.303 e. The van der Waals surface area contributed by atoms with Gasteiger partial charge in [-0.3, -0.25) is 38.4 Å². The number of carbonyl (C=O) groups is 8. The molecule has 1 aliphatic heterocycles. The van der Waals surface area contributed by atoms with Gasteiger partial charge in [-0.2, -0.15) is 0 Å². The van der Waals surface area contributed by atoms with E-state index >= 15 is 0 Å². The third-order valence-corrected chi connectivity index (χ3v) is 10.1. The van der Waals surface area contributed by atoms with Gasteiger partial charge in [0.2, 0.25) is 0 Å². The van der Waals surface area contributed by atoms with E-state index in [1.165, 1.54) is 23.6 Å². The summed E-state index contributed by atoms with van der Waals surface area (Å²) in [6.45, 7) is 5.32. The van der Waals surface area contributed by atoms with Crippen molar-refractivity contribution in [1.29, 1.82) is 0 Å². The number of anilines is 1. The van der Waals surface area contributed by atoms with E-state index < -0.39 is 79.2 Å². The second-order valence-corrected chi connectivity index (χ2v) is 14.2. The number of rotatable bonds is 15. The molecule has 19 heteroatoms. The van der Waals surface area contributed by atoms with Crippen LogP contribution in [0.15, 0.2) is 0 Å². The number of piperidine rings is 1. The Hall–Kier alpha value is -2.83. The molecule has 3 atom stereocenters. The number of hydrogen-bond donors (Lipinski definition) is 0. The normalized spacial score (nSPS) is 15.3. The summed E-state index contributed by atoms with van der Waals surface area (Å²) in [6, 6.07) is 0. The smallest absolute Gasteiger partial charge is 0.303 e. The minimum Gasteiger partial charge on any atom is -0.462 e. The van der Waals surface area contributed by atoms with Crippen molar-refractivity contribution in [3.63, 3.8) is 0 Å². The van der Waals surface area contributed by atoms with Crippen molar-refractivity contribution < 1.29 is 66.8 Å². The van der Waals surface area contributed by atoms with Crippen LogP contribution in [0.1, 0.15) is 70.3 Å². The number of carbonyl (C=O) groups excluding carboxylic acids is 8. The highest BCUT2D eigenvalue weighted by Gasteiger charge is 2.38. The predicted octanol–water partition coefficient (Wildman–Crippen LogP) is 3.05. The van der Waals surface area contributed by atoms with Crippen molar-refractivity contribution in [2.45, 2.75) is 79.3 Å². The summed E-state index contributed by atoms with van der Waals surface area (Å²) in [7, 11) is 0. The maximum absolute atomic E-state index is 14.8. The lowest BCUT2D eigenvalue weighted by Crippen LogP contribution is -2.48. The molecular formula is C31H37I3N2O14. The predicted molar refractivity (Wildman–Crippen MR) is 197 cm³/mol. The number of ether oxygens (including phenoxy) is 6. The fourth-order valence-corrected chi connectivity index (χ4v) is 9.35. The number of halogens is 3. The first-order valence-corrected chi connectivity index (χ1v) is 18.3. The van der Waals surface area contributed by atoms with Gasteiger partial charge in [0.05, 0.1) is 27.9 Å². The van der Waals surface area contributed by atoms with Crippen molar-refractivity contribution >= 4 is 121 Å². The number of hydrogen-bond acceptors (Lipinski definition) is 14. The van der Waals surface area contributed by atoms with Crippen molar-refractivity contribution in [1.82, 2.24) is 4.90 Å². The molecule has 3 unspecified atom stereocenters. The van der Waals surface area contributed by atoms with Crippen LogP contribution in [0.5, 0.6) is 0 Å². The molecular weight excluding hydrogens is 1010 g/mol. The Morgan fingerprint density at radius 1 is 0.720 bits per heavy atom. The van der Waals surface area contributed by atoms with E-state index in [-0.39, 0.29) is 31.8 Å². The molecule has 50 heavy (non-hydrogen) atoms. The summed E-state index contributed by atoms with van der Waals surface area (Å²) < 4.78 is 32.7. The average molecular weight is 1040 g/mol. The molecule has 0 spiro atoms. The largest absolute Gasteiger partial charge is 0.462 e. The number of esters is 6. The van der Waals surface area contributed by atoms with Gasteiger partial charge in [0.1, 0.15) is 19.8 Å². The van der Waals surface area contributed by atoms with Gasteiger partial charge < -0.3 is 38.2 Å². The maximum atomic E-state index is 14.8. The molecule has 1 fully saturated rings. The number of amides is 2. The van der Waals surface area contributed by atoms with E-state index in [4.69, 9.17) is 28.4 Å². The van der Waals surface area contributed by atoms with E-state index in [2.05, 4.69) is 0 Å². The molecule has 16 nitrogen and oxygen atoms in total. The molecule has 0 N–H and O–H groups in total. The zero-order chi connectivity index (χ0) is 37.9. The summed E-state index contributed by atoms with van der Waals surface area (Å²) in [5, 5.41) is 0. The Balaban J connectivity index is 2.83. The van der Waals surface area contributed by atoms with E-state index in [1.807, 2.05) is 67.8 Å². The number of nitrogens with zero attached hydrogens (tertiary/aromatic N) is 2. The van der Waals surface area contributed by atoms with Gasteiger partial charge in [-0.1, -0.05) is 0 Å². The van der Waals surface area contributed by atoms with Crippen molar-refractivity contribution in [2.24, 2.45) is 0 Å². The van der Waals surface area contributed by atoms with Gasteiger partial charge in [-0.15, -0.1) is 0 Å². The van der Waals surface area contributed by atoms with Gasteiger partial charge >= 0.3 is 35.8 Å². The molecule has 1 aromatic rings. The van der Waals surface area contributed by atoms with E-state index in [0.29, 0.717) is 34.8 Å². The molecule has 276 valence electrons. The van der Waals surface area contributed by atoms with Gasteiger partial charge in [0.25, 0.3) is 11.8 Å². The summed E-state index contributed by atoms with van der Waals surface area (Å²) in [4.78, 5) is 102. The second kappa shape index (κ2) is 20.3. The molecule has 0 bridgehead atoms. The van der Waals surface area contributed by atoms with Crippen LogP contribution < -0.4 is 4.90 Å². The quantitative estimate of drug-likeness (QED) is 0.141. The minimum absolute atomic E-state index is 0.0503. The van der Waals surface area contributed by atoms with E-state index in [9.17, 15) is 38.4 Å². The number of benzene rings is 1. The van der Waals surface area contributed by atoms with Crippen molar-refractivity contribution in [3.05, 3.63) is 21.8 Å². The van der Waals surface area contributed by atoms with Crippen molar-refractivity contribution in [3.8, 4) is 0 Å². The lowest BCUT2D eigenvalue weighted by atomic mass is 10.0. The van der Waals surface area contributed by atoms with Gasteiger partial charge in [0, 0.05) is 60.8 Å². The van der Waals surface area contributed by atoms with Gasteiger partial charge in [-0.05, 0) is 80.6 Å². The topological polar surface area (TPSA) is 198 Å². The fourth-order valence-electron chi connectivity index (χ4n) is 4.83. The standard InChI is InChI=1S/C31H37I3N2O14/c1-15(37)45-12-21(48-18(4)40)10-35(11-22(49-19(5)41)13-46-16(2)38)31(44)25-26(32)23(14-47-17(3)39)27(33)29(28(25)34)36-9-7-8-24(30(36)43)50-20(6)42/h21-22,24H,7-14H2,1-6H3. The summed E-state index contributed by atoms with van der Waals surface area (Å²) >= 11 is 5.86. The van der Waals surface area contributed by atoms with Crippen LogP contribution in [-0.4, -0.2) is 104 Å².